The zero-order valence-corrected chi connectivity index (χ0v) is 8.82. The first-order chi connectivity index (χ1) is 6.92. The summed E-state index contributed by atoms with van der Waals surface area (Å²) >= 11 is 0. The Labute approximate surface area is 86.0 Å². The van der Waals surface area contributed by atoms with Gasteiger partial charge in [-0.2, -0.15) is 0 Å². The molecule has 2 heterocycles. The molecular weight excluding hydrogens is 178 g/mol. The summed E-state index contributed by atoms with van der Waals surface area (Å²) in [7, 11) is 0. The number of likely N-dealkylation sites (tertiary alicyclic amines) is 1. The number of hydrogen-bond donors (Lipinski definition) is 1. The lowest BCUT2D eigenvalue weighted by molar-refractivity contribution is -0.00914. The molecule has 2 aliphatic heterocycles. The highest BCUT2D eigenvalue weighted by Crippen LogP contribution is 2.24. The molecule has 2 aliphatic rings. The van der Waals surface area contributed by atoms with E-state index in [9.17, 15) is 5.11 Å². The highest BCUT2D eigenvalue weighted by atomic mass is 16.5. The smallest absolute Gasteiger partial charge is 0.0586 e. The molecule has 82 valence electrons. The van der Waals surface area contributed by atoms with E-state index in [0.717, 1.165) is 26.1 Å². The molecule has 0 radical (unpaired) electrons. The Kier molecular flexibility index (Phi) is 3.79. The Balaban J connectivity index is 1.91. The number of hydrogen-bond acceptors (Lipinski definition) is 3. The van der Waals surface area contributed by atoms with Crippen molar-refractivity contribution in [2.75, 3.05) is 26.4 Å². The van der Waals surface area contributed by atoms with Crippen molar-refractivity contribution in [2.45, 2.75) is 44.2 Å². The third-order valence-electron chi connectivity index (χ3n) is 3.54. The van der Waals surface area contributed by atoms with Gasteiger partial charge in [0.1, 0.15) is 0 Å². The summed E-state index contributed by atoms with van der Waals surface area (Å²) in [5.41, 5.74) is 0. The van der Waals surface area contributed by atoms with Crippen LogP contribution in [-0.2, 0) is 4.74 Å². The van der Waals surface area contributed by atoms with Crippen molar-refractivity contribution >= 4 is 0 Å². The molecule has 0 aromatic heterocycles. The van der Waals surface area contributed by atoms with Crippen molar-refractivity contribution in [3.8, 4) is 0 Å². The van der Waals surface area contributed by atoms with Crippen LogP contribution in [0.3, 0.4) is 0 Å². The normalized spacial score (nSPS) is 31.9. The highest BCUT2D eigenvalue weighted by Gasteiger charge is 2.29. The predicted octanol–water partition coefficient (Wildman–Crippen LogP) is 1.01. The van der Waals surface area contributed by atoms with Crippen LogP contribution in [0.25, 0.3) is 0 Å². The standard InChI is InChI=1S/C11H21NO2/c13-9-11-3-1-2-6-12(11)10-4-7-14-8-5-10/h10-11,13H,1-9H2. The third-order valence-corrected chi connectivity index (χ3v) is 3.54. The molecule has 0 aliphatic carbocycles. The van der Waals surface area contributed by atoms with Crippen LogP contribution in [0.1, 0.15) is 32.1 Å². The summed E-state index contributed by atoms with van der Waals surface area (Å²) in [6.45, 7) is 3.31. The summed E-state index contributed by atoms with van der Waals surface area (Å²) in [5.74, 6) is 0. The molecule has 1 unspecified atom stereocenters. The van der Waals surface area contributed by atoms with Gasteiger partial charge in [0, 0.05) is 25.3 Å². The van der Waals surface area contributed by atoms with Crippen LogP contribution in [0, 0.1) is 0 Å². The minimum atomic E-state index is 0.331. The van der Waals surface area contributed by atoms with Crippen molar-refractivity contribution in [3.05, 3.63) is 0 Å². The minimum Gasteiger partial charge on any atom is -0.395 e. The molecule has 1 N–H and O–H groups in total. The Morgan fingerprint density at radius 2 is 1.93 bits per heavy atom. The molecule has 2 fully saturated rings. The Hall–Kier alpha value is -0.120. The van der Waals surface area contributed by atoms with E-state index in [1.807, 2.05) is 0 Å². The van der Waals surface area contributed by atoms with Crippen molar-refractivity contribution < 1.29 is 9.84 Å². The van der Waals surface area contributed by atoms with E-state index in [0.29, 0.717) is 18.7 Å². The molecule has 0 spiro atoms. The second-order valence-corrected chi connectivity index (χ2v) is 4.41. The SMILES string of the molecule is OCC1CCCCN1C1CCOCC1. The van der Waals surface area contributed by atoms with Gasteiger partial charge in [0.25, 0.3) is 0 Å². The molecule has 3 nitrogen and oxygen atoms in total. The fourth-order valence-electron chi connectivity index (χ4n) is 2.72. The first-order valence-corrected chi connectivity index (χ1v) is 5.86. The number of rotatable bonds is 2. The van der Waals surface area contributed by atoms with Crippen LogP contribution in [0.5, 0.6) is 0 Å². The second kappa shape index (κ2) is 5.10. The lowest BCUT2D eigenvalue weighted by Crippen LogP contribution is -2.49. The summed E-state index contributed by atoms with van der Waals surface area (Å²) in [5, 5.41) is 9.32. The Bertz CT molecular complexity index is 169. The maximum atomic E-state index is 9.32. The van der Waals surface area contributed by atoms with Gasteiger partial charge in [-0.15, -0.1) is 0 Å². The van der Waals surface area contributed by atoms with E-state index >= 15 is 0 Å². The van der Waals surface area contributed by atoms with Gasteiger partial charge in [0.2, 0.25) is 0 Å². The lowest BCUT2D eigenvalue weighted by Gasteiger charge is -2.42. The molecule has 0 aromatic rings. The van der Waals surface area contributed by atoms with Crippen molar-refractivity contribution in [3.63, 3.8) is 0 Å². The maximum Gasteiger partial charge on any atom is 0.0586 e. The van der Waals surface area contributed by atoms with Crippen LogP contribution in [0.15, 0.2) is 0 Å². The predicted molar refractivity (Wildman–Crippen MR) is 55.3 cm³/mol. The zero-order chi connectivity index (χ0) is 9.80. The maximum absolute atomic E-state index is 9.32. The van der Waals surface area contributed by atoms with Gasteiger partial charge in [-0.3, -0.25) is 4.90 Å². The average molecular weight is 199 g/mol. The van der Waals surface area contributed by atoms with E-state index in [4.69, 9.17) is 4.74 Å². The van der Waals surface area contributed by atoms with Gasteiger partial charge in [-0.1, -0.05) is 6.42 Å². The molecule has 2 saturated heterocycles. The lowest BCUT2D eigenvalue weighted by atomic mass is 9.97. The number of nitrogens with zero attached hydrogens (tertiary/aromatic N) is 1. The van der Waals surface area contributed by atoms with Gasteiger partial charge >= 0.3 is 0 Å². The van der Waals surface area contributed by atoms with Crippen molar-refractivity contribution in [1.29, 1.82) is 0 Å². The topological polar surface area (TPSA) is 32.7 Å². The van der Waals surface area contributed by atoms with Gasteiger partial charge in [-0.05, 0) is 32.2 Å². The Morgan fingerprint density at radius 1 is 1.14 bits per heavy atom. The molecule has 1 atom stereocenters. The van der Waals surface area contributed by atoms with E-state index < -0.39 is 0 Å². The third kappa shape index (κ3) is 2.27. The minimum absolute atomic E-state index is 0.331. The first kappa shape index (κ1) is 10.4. The molecule has 3 heteroatoms. The summed E-state index contributed by atoms with van der Waals surface area (Å²) < 4.78 is 5.37. The van der Waals surface area contributed by atoms with Gasteiger partial charge < -0.3 is 9.84 Å². The molecule has 2 rings (SSSR count). The highest BCUT2D eigenvalue weighted by molar-refractivity contribution is 4.83. The van der Waals surface area contributed by atoms with Crippen LogP contribution in [0.2, 0.25) is 0 Å². The number of aliphatic hydroxyl groups is 1. The first-order valence-electron chi connectivity index (χ1n) is 5.86. The van der Waals surface area contributed by atoms with Crippen LogP contribution >= 0.6 is 0 Å². The molecular formula is C11H21NO2. The fraction of sp³-hybridized carbons (Fsp3) is 1.00. The monoisotopic (exact) mass is 199 g/mol. The molecule has 14 heavy (non-hydrogen) atoms. The van der Waals surface area contributed by atoms with Crippen molar-refractivity contribution in [1.82, 2.24) is 4.90 Å². The molecule has 0 saturated carbocycles. The second-order valence-electron chi connectivity index (χ2n) is 4.41. The van der Waals surface area contributed by atoms with E-state index in [-0.39, 0.29) is 0 Å². The van der Waals surface area contributed by atoms with Gasteiger partial charge in [-0.25, -0.2) is 0 Å². The molecule has 0 aromatic carbocycles. The number of piperidine rings is 1. The van der Waals surface area contributed by atoms with Crippen molar-refractivity contribution in [2.24, 2.45) is 0 Å². The van der Waals surface area contributed by atoms with E-state index in [1.54, 1.807) is 0 Å². The van der Waals surface area contributed by atoms with Crippen LogP contribution in [0.4, 0.5) is 0 Å². The summed E-state index contributed by atoms with van der Waals surface area (Å²) in [6.07, 6.45) is 6.06. The molecule has 0 amide bonds. The summed E-state index contributed by atoms with van der Waals surface area (Å²) in [6, 6.07) is 1.09. The average Bonchev–Trinajstić information content (AvgIpc) is 2.30. The largest absolute Gasteiger partial charge is 0.395 e. The summed E-state index contributed by atoms with van der Waals surface area (Å²) in [4.78, 5) is 2.52. The zero-order valence-electron chi connectivity index (χ0n) is 8.82. The van der Waals surface area contributed by atoms with E-state index in [2.05, 4.69) is 4.90 Å². The number of aliphatic hydroxyl groups excluding tert-OH is 1. The van der Waals surface area contributed by atoms with Gasteiger partial charge in [0.15, 0.2) is 0 Å². The van der Waals surface area contributed by atoms with E-state index in [1.165, 1.54) is 25.8 Å². The van der Waals surface area contributed by atoms with Gasteiger partial charge in [0.05, 0.1) is 6.61 Å². The number of ether oxygens (including phenoxy) is 1. The quantitative estimate of drug-likeness (QED) is 0.720. The fourth-order valence-corrected chi connectivity index (χ4v) is 2.72. The van der Waals surface area contributed by atoms with Crippen LogP contribution < -0.4 is 0 Å². The van der Waals surface area contributed by atoms with Crippen LogP contribution in [-0.4, -0.2) is 48.5 Å². The molecule has 0 bridgehead atoms. The Morgan fingerprint density at radius 3 is 2.64 bits per heavy atom.